The summed E-state index contributed by atoms with van der Waals surface area (Å²) in [5.74, 6) is 5.28. The first kappa shape index (κ1) is 23.6. The molecule has 1 aromatic heterocycles. The molecule has 3 aliphatic heterocycles. The van der Waals surface area contributed by atoms with Crippen LogP contribution in [0, 0.1) is 46.8 Å². The molecule has 1 unspecified atom stereocenters. The van der Waals surface area contributed by atoms with Crippen molar-refractivity contribution in [3.05, 3.63) is 59.6 Å². The number of nitrogens with one attached hydrogen (secondary N) is 2. The number of aromatic nitrogens is 2. The summed E-state index contributed by atoms with van der Waals surface area (Å²) in [6, 6.07) is 4.60. The minimum atomic E-state index is -0.837. The number of hydrogen-bond acceptors (Lipinski definition) is 6. The van der Waals surface area contributed by atoms with E-state index >= 15 is 0 Å². The van der Waals surface area contributed by atoms with Crippen molar-refractivity contribution in [3.8, 4) is 0 Å². The summed E-state index contributed by atoms with van der Waals surface area (Å²) in [6.45, 7) is 5.85. The number of benzene rings is 1. The Morgan fingerprint density at radius 2 is 1.76 bits per heavy atom. The number of amides is 4. The van der Waals surface area contributed by atoms with Crippen molar-refractivity contribution in [3.63, 3.8) is 0 Å². The molecule has 8 fully saturated rings. The number of imide groups is 1. The van der Waals surface area contributed by atoms with Gasteiger partial charge in [-0.1, -0.05) is 12.6 Å². The van der Waals surface area contributed by atoms with E-state index in [9.17, 15) is 19.2 Å². The van der Waals surface area contributed by atoms with E-state index < -0.39 is 17.9 Å². The average Bonchev–Trinajstić information content (AvgIpc) is 3.59. The molecule has 2 aromatic rings. The zero-order valence-corrected chi connectivity index (χ0v) is 23.2. The average molecular weight is 565 g/mol. The number of piperidine rings is 2. The Morgan fingerprint density at radius 1 is 1.02 bits per heavy atom. The van der Waals surface area contributed by atoms with Gasteiger partial charge in [0.1, 0.15) is 6.04 Å². The van der Waals surface area contributed by atoms with Crippen molar-refractivity contribution in [1.82, 2.24) is 24.9 Å². The topological polar surface area (TPSA) is 117 Å². The van der Waals surface area contributed by atoms with Crippen molar-refractivity contribution in [2.75, 3.05) is 18.4 Å². The van der Waals surface area contributed by atoms with Crippen LogP contribution in [0.3, 0.4) is 0 Å². The van der Waals surface area contributed by atoms with E-state index in [1.807, 2.05) is 17.1 Å². The molecule has 4 amide bonds. The monoisotopic (exact) mass is 564 g/mol. The van der Waals surface area contributed by atoms with Gasteiger partial charge in [0.05, 0.1) is 28.8 Å². The van der Waals surface area contributed by atoms with E-state index in [-0.39, 0.29) is 17.4 Å². The highest BCUT2D eigenvalue weighted by Gasteiger charge is 3.06. The molecule has 0 radical (unpaired) electrons. The lowest BCUT2D eigenvalue weighted by atomic mass is 8.96. The Hall–Kier alpha value is -3.95. The molecule has 4 heterocycles. The van der Waals surface area contributed by atoms with Crippen molar-refractivity contribution in [2.45, 2.75) is 44.3 Å². The summed E-state index contributed by atoms with van der Waals surface area (Å²) < 4.78 is 2.02. The molecule has 2 saturated heterocycles. The first-order valence-electron chi connectivity index (χ1n) is 15.5. The van der Waals surface area contributed by atoms with Crippen molar-refractivity contribution >= 4 is 29.3 Å². The van der Waals surface area contributed by atoms with Crippen molar-refractivity contribution in [2.24, 2.45) is 46.8 Å². The van der Waals surface area contributed by atoms with E-state index in [2.05, 4.69) is 27.2 Å². The summed E-state index contributed by atoms with van der Waals surface area (Å²) in [6.07, 6.45) is 6.59. The normalized spacial score (nSPS) is 39.8. The fraction of sp³-hybridized carbons (Fsp3) is 0.531. The summed E-state index contributed by atoms with van der Waals surface area (Å²) in [5.41, 5.74) is 2.84. The molecule has 10 heteroatoms. The maximum absolute atomic E-state index is 13.5. The Bertz CT molecular complexity index is 1620. The van der Waals surface area contributed by atoms with Crippen LogP contribution in [-0.2, 0) is 16.1 Å². The SMILES string of the molecule is C=C1CCC(N2C(=O)c3cccc(NCc4cnn(C5CCN(C(=O)C67C8C9C%10C8C6C%10C97)CC5)c4)c3C2=O)C(=O)N1. The lowest BCUT2D eigenvalue weighted by molar-refractivity contribution is -0.597. The molecule has 9 aliphatic rings. The summed E-state index contributed by atoms with van der Waals surface area (Å²) in [7, 11) is 0. The smallest absolute Gasteiger partial charge is 0.264 e. The second kappa shape index (κ2) is 7.51. The number of rotatable bonds is 6. The molecule has 214 valence electrons. The quantitative estimate of drug-likeness (QED) is 0.521. The van der Waals surface area contributed by atoms with Crippen LogP contribution in [0.2, 0.25) is 0 Å². The number of hydrogen-bond donors (Lipinski definition) is 2. The van der Waals surface area contributed by atoms with E-state index in [0.29, 0.717) is 47.8 Å². The molecule has 10 nitrogen and oxygen atoms in total. The van der Waals surface area contributed by atoms with E-state index in [1.54, 1.807) is 18.2 Å². The molecule has 6 aliphatic carbocycles. The van der Waals surface area contributed by atoms with Gasteiger partial charge in [-0.05, 0) is 79.2 Å². The van der Waals surface area contributed by atoms with Gasteiger partial charge in [0.25, 0.3) is 11.8 Å². The van der Waals surface area contributed by atoms with Gasteiger partial charge in [-0.2, -0.15) is 5.10 Å². The van der Waals surface area contributed by atoms with Gasteiger partial charge in [0.2, 0.25) is 11.8 Å². The van der Waals surface area contributed by atoms with E-state index in [0.717, 1.165) is 77.8 Å². The first-order valence-corrected chi connectivity index (χ1v) is 15.5. The van der Waals surface area contributed by atoms with Gasteiger partial charge in [0.15, 0.2) is 0 Å². The van der Waals surface area contributed by atoms with Crippen LogP contribution >= 0.6 is 0 Å². The van der Waals surface area contributed by atoms with E-state index in [1.165, 1.54) is 0 Å². The molecule has 0 spiro atoms. The van der Waals surface area contributed by atoms with Gasteiger partial charge in [-0.25, -0.2) is 0 Å². The second-order valence-corrected chi connectivity index (χ2v) is 13.9. The second-order valence-electron chi connectivity index (χ2n) is 13.9. The fourth-order valence-corrected chi connectivity index (χ4v) is 11.1. The minimum Gasteiger partial charge on any atom is -0.380 e. The van der Waals surface area contributed by atoms with Gasteiger partial charge >= 0.3 is 0 Å². The highest BCUT2D eigenvalue weighted by molar-refractivity contribution is 6.25. The Kier molecular flexibility index (Phi) is 4.22. The Morgan fingerprint density at radius 3 is 2.48 bits per heavy atom. The molecule has 0 bridgehead atoms. The minimum absolute atomic E-state index is 0.0880. The van der Waals surface area contributed by atoms with Crippen LogP contribution in [0.4, 0.5) is 5.69 Å². The summed E-state index contributed by atoms with van der Waals surface area (Å²) in [4.78, 5) is 55.9. The highest BCUT2D eigenvalue weighted by atomic mass is 16.2. The van der Waals surface area contributed by atoms with Crippen LogP contribution in [0.1, 0.15) is 58.0 Å². The third kappa shape index (κ3) is 2.43. The van der Waals surface area contributed by atoms with Crippen LogP contribution in [0.25, 0.3) is 0 Å². The molecular formula is C32H32N6O4. The van der Waals surface area contributed by atoms with Crippen LogP contribution < -0.4 is 10.6 Å². The molecule has 42 heavy (non-hydrogen) atoms. The molecule has 6 saturated carbocycles. The number of anilines is 1. The molecule has 2 N–H and O–H groups in total. The van der Waals surface area contributed by atoms with Gasteiger partial charge in [-0.15, -0.1) is 0 Å². The zero-order valence-electron chi connectivity index (χ0n) is 23.2. The molecule has 1 aromatic carbocycles. The lowest BCUT2D eigenvalue weighted by Crippen LogP contribution is -3.07. The standard InChI is InChI=1S/C32H32N6O4/c1-14-5-6-19(28(39)35-14)38-29(40)17-3-2-4-18(20(17)30(38)41)33-11-15-12-34-37(13-15)16-7-9-36(10-8-16)31(42)32-25-22-21-23(25)27(32)24(21)26(22)32/h2-4,12-13,16,19,21-27,33H,1,5-11H2,(H,35,39). The summed E-state index contributed by atoms with van der Waals surface area (Å²) in [5, 5.41) is 10.6. The van der Waals surface area contributed by atoms with Crippen molar-refractivity contribution < 1.29 is 19.2 Å². The fourth-order valence-electron chi connectivity index (χ4n) is 11.1. The van der Waals surface area contributed by atoms with Crippen LogP contribution in [-0.4, -0.2) is 62.3 Å². The first-order chi connectivity index (χ1) is 20.4. The van der Waals surface area contributed by atoms with Crippen LogP contribution in [0.15, 0.2) is 42.9 Å². The maximum Gasteiger partial charge on any atom is 0.264 e. The number of carbonyl (C=O) groups excluding carboxylic acids is 4. The number of likely N-dealkylation sites (tertiary alicyclic amines) is 1. The van der Waals surface area contributed by atoms with E-state index in [4.69, 9.17) is 0 Å². The third-order valence-electron chi connectivity index (χ3n) is 12.7. The van der Waals surface area contributed by atoms with Crippen molar-refractivity contribution in [1.29, 1.82) is 0 Å². The van der Waals surface area contributed by atoms with Crippen LogP contribution in [0.5, 0.6) is 0 Å². The zero-order chi connectivity index (χ0) is 28.2. The number of nitrogens with zero attached hydrogens (tertiary/aromatic N) is 4. The maximum atomic E-state index is 13.5. The number of allylic oxidation sites excluding steroid dienone is 1. The predicted octanol–water partition coefficient (Wildman–Crippen LogP) is 2.41. The third-order valence-corrected chi connectivity index (χ3v) is 12.7. The van der Waals surface area contributed by atoms with Gasteiger partial charge < -0.3 is 15.5 Å². The largest absolute Gasteiger partial charge is 0.380 e. The highest BCUT2D eigenvalue weighted by Crippen LogP contribution is 3.06. The summed E-state index contributed by atoms with van der Waals surface area (Å²) >= 11 is 0. The Balaban J connectivity index is 0.790. The predicted molar refractivity (Wildman–Crippen MR) is 149 cm³/mol. The van der Waals surface area contributed by atoms with Gasteiger partial charge in [-0.3, -0.25) is 28.8 Å². The Labute approximate surface area is 242 Å². The molecular weight excluding hydrogens is 532 g/mol. The molecule has 1 atom stereocenters. The van der Waals surface area contributed by atoms with Gasteiger partial charge in [0, 0.05) is 42.8 Å². The molecule has 11 rings (SSSR count). The number of carbonyl (C=O) groups is 4. The number of fused-ring (bicyclic) bond motifs is 1. The lowest BCUT2D eigenvalue weighted by Gasteiger charge is -3.06.